The fraction of sp³-hybridized carbons (Fsp3) is 0.417. The smallest absolute Gasteiger partial charge is 0.212 e. The van der Waals surface area contributed by atoms with Crippen LogP contribution in [0.15, 0.2) is 22.6 Å². The van der Waals surface area contributed by atoms with Crippen molar-refractivity contribution in [2.75, 3.05) is 14.2 Å². The first-order valence-corrected chi connectivity index (χ1v) is 5.40. The molecule has 1 unspecified atom stereocenters. The number of hydrogen-bond acceptors (Lipinski definition) is 4. The minimum atomic E-state index is 0.165. The van der Waals surface area contributed by atoms with Crippen molar-refractivity contribution in [2.45, 2.75) is 19.4 Å². The topological polar surface area (TPSA) is 47.3 Å². The maximum atomic E-state index is 5.68. The van der Waals surface area contributed by atoms with Crippen LogP contribution >= 0.6 is 0 Å². The second-order valence-electron chi connectivity index (χ2n) is 3.64. The summed E-state index contributed by atoms with van der Waals surface area (Å²) in [5, 5.41) is 3.17. The zero-order valence-electron chi connectivity index (χ0n) is 9.78. The zero-order chi connectivity index (χ0) is 11.5. The lowest BCUT2D eigenvalue weighted by Gasteiger charge is -2.07. The molecular formula is C12H16N2O2. The first kappa shape index (κ1) is 11.0. The maximum Gasteiger partial charge on any atom is 0.212 e. The highest BCUT2D eigenvalue weighted by atomic mass is 16.5. The molecule has 0 saturated heterocycles. The van der Waals surface area contributed by atoms with Crippen LogP contribution in [0.25, 0.3) is 11.1 Å². The van der Waals surface area contributed by atoms with Crippen LogP contribution in [0.4, 0.5) is 0 Å². The van der Waals surface area contributed by atoms with Gasteiger partial charge in [-0.15, -0.1) is 0 Å². The van der Waals surface area contributed by atoms with Gasteiger partial charge in [0.1, 0.15) is 11.3 Å². The third-order valence-corrected chi connectivity index (χ3v) is 2.67. The summed E-state index contributed by atoms with van der Waals surface area (Å²) >= 11 is 0. The van der Waals surface area contributed by atoms with Crippen molar-refractivity contribution in [2.24, 2.45) is 0 Å². The summed E-state index contributed by atoms with van der Waals surface area (Å²) in [4.78, 5) is 4.45. The molecule has 0 aliphatic rings. The van der Waals surface area contributed by atoms with Gasteiger partial charge in [0.15, 0.2) is 5.58 Å². The molecular weight excluding hydrogens is 204 g/mol. The Morgan fingerprint density at radius 3 is 2.94 bits per heavy atom. The Kier molecular flexibility index (Phi) is 3.10. The zero-order valence-corrected chi connectivity index (χ0v) is 9.78. The Hall–Kier alpha value is -1.55. The normalized spacial score (nSPS) is 12.9. The first-order valence-electron chi connectivity index (χ1n) is 5.40. The van der Waals surface area contributed by atoms with E-state index in [1.807, 2.05) is 25.2 Å². The van der Waals surface area contributed by atoms with Gasteiger partial charge in [0, 0.05) is 6.07 Å². The lowest BCUT2D eigenvalue weighted by Crippen LogP contribution is -2.15. The minimum Gasteiger partial charge on any atom is -0.497 e. The van der Waals surface area contributed by atoms with E-state index in [4.69, 9.17) is 9.15 Å². The molecule has 86 valence electrons. The van der Waals surface area contributed by atoms with Crippen LogP contribution in [0.3, 0.4) is 0 Å². The van der Waals surface area contributed by atoms with E-state index in [0.717, 1.165) is 29.2 Å². The lowest BCUT2D eigenvalue weighted by atomic mass is 10.2. The Morgan fingerprint density at radius 1 is 1.50 bits per heavy atom. The largest absolute Gasteiger partial charge is 0.497 e. The predicted molar refractivity (Wildman–Crippen MR) is 62.7 cm³/mol. The Morgan fingerprint density at radius 2 is 2.31 bits per heavy atom. The highest BCUT2D eigenvalue weighted by Crippen LogP contribution is 2.24. The fourth-order valence-electron chi connectivity index (χ4n) is 1.70. The van der Waals surface area contributed by atoms with Crippen molar-refractivity contribution in [3.8, 4) is 5.75 Å². The van der Waals surface area contributed by atoms with Gasteiger partial charge < -0.3 is 14.5 Å². The Bertz CT molecular complexity index is 475. The van der Waals surface area contributed by atoms with Crippen LogP contribution in [0, 0.1) is 0 Å². The molecule has 1 aromatic heterocycles. The number of methoxy groups -OCH3 is 1. The quantitative estimate of drug-likeness (QED) is 0.860. The first-order chi connectivity index (χ1) is 7.78. The molecule has 2 aromatic rings. The summed E-state index contributed by atoms with van der Waals surface area (Å²) in [6, 6.07) is 5.80. The Balaban J connectivity index is 2.43. The van der Waals surface area contributed by atoms with Gasteiger partial charge in [0.05, 0.1) is 13.2 Å². The SMILES string of the molecule is CCC(NC)c1nc2cc(OC)ccc2o1. The molecule has 0 aliphatic heterocycles. The second-order valence-corrected chi connectivity index (χ2v) is 3.64. The molecule has 1 aromatic carbocycles. The van der Waals surface area contributed by atoms with Crippen LogP contribution < -0.4 is 10.1 Å². The summed E-state index contributed by atoms with van der Waals surface area (Å²) in [5.41, 5.74) is 1.63. The molecule has 1 heterocycles. The van der Waals surface area contributed by atoms with Crippen molar-refractivity contribution in [3.05, 3.63) is 24.1 Å². The fourth-order valence-corrected chi connectivity index (χ4v) is 1.70. The van der Waals surface area contributed by atoms with Gasteiger partial charge in [0.2, 0.25) is 5.89 Å². The summed E-state index contributed by atoms with van der Waals surface area (Å²) in [6.07, 6.45) is 0.945. The van der Waals surface area contributed by atoms with E-state index in [1.165, 1.54) is 0 Å². The number of benzene rings is 1. The van der Waals surface area contributed by atoms with Crippen molar-refractivity contribution < 1.29 is 9.15 Å². The molecule has 1 atom stereocenters. The third kappa shape index (κ3) is 1.88. The number of hydrogen-bond donors (Lipinski definition) is 1. The average molecular weight is 220 g/mol. The monoisotopic (exact) mass is 220 g/mol. The van der Waals surface area contributed by atoms with Crippen LogP contribution in [0.5, 0.6) is 5.75 Å². The Labute approximate surface area is 94.6 Å². The molecule has 4 heteroatoms. The molecule has 16 heavy (non-hydrogen) atoms. The summed E-state index contributed by atoms with van der Waals surface area (Å²) in [6.45, 7) is 2.09. The number of ether oxygens (including phenoxy) is 1. The van der Waals surface area contributed by atoms with E-state index < -0.39 is 0 Å². The van der Waals surface area contributed by atoms with Gasteiger partial charge in [-0.25, -0.2) is 4.98 Å². The highest BCUT2D eigenvalue weighted by molar-refractivity contribution is 5.74. The van der Waals surface area contributed by atoms with Crippen molar-refractivity contribution >= 4 is 11.1 Å². The predicted octanol–water partition coefficient (Wildman–Crippen LogP) is 2.51. The van der Waals surface area contributed by atoms with Gasteiger partial charge in [-0.3, -0.25) is 0 Å². The van der Waals surface area contributed by atoms with Gasteiger partial charge in [0.25, 0.3) is 0 Å². The highest BCUT2D eigenvalue weighted by Gasteiger charge is 2.14. The number of fused-ring (bicyclic) bond motifs is 1. The number of nitrogens with one attached hydrogen (secondary N) is 1. The molecule has 0 aliphatic carbocycles. The standard InChI is InChI=1S/C12H16N2O2/c1-4-9(13-2)12-14-10-7-8(15-3)5-6-11(10)16-12/h5-7,9,13H,4H2,1-3H3. The number of oxazole rings is 1. The van der Waals surface area contributed by atoms with E-state index in [-0.39, 0.29) is 6.04 Å². The van der Waals surface area contributed by atoms with E-state index in [9.17, 15) is 0 Å². The van der Waals surface area contributed by atoms with E-state index in [2.05, 4.69) is 17.2 Å². The average Bonchev–Trinajstić information content (AvgIpc) is 2.72. The van der Waals surface area contributed by atoms with Crippen LogP contribution in [-0.2, 0) is 0 Å². The van der Waals surface area contributed by atoms with Crippen molar-refractivity contribution in [3.63, 3.8) is 0 Å². The molecule has 0 radical (unpaired) electrons. The third-order valence-electron chi connectivity index (χ3n) is 2.67. The van der Waals surface area contributed by atoms with Crippen LogP contribution in [-0.4, -0.2) is 19.1 Å². The molecule has 2 rings (SSSR count). The van der Waals surface area contributed by atoms with Crippen molar-refractivity contribution in [1.82, 2.24) is 10.3 Å². The molecule has 0 spiro atoms. The number of rotatable bonds is 4. The summed E-state index contributed by atoms with van der Waals surface area (Å²) < 4.78 is 10.8. The number of nitrogens with zero attached hydrogens (tertiary/aromatic N) is 1. The van der Waals surface area contributed by atoms with Crippen molar-refractivity contribution in [1.29, 1.82) is 0 Å². The van der Waals surface area contributed by atoms with E-state index >= 15 is 0 Å². The van der Waals surface area contributed by atoms with Crippen LogP contribution in [0.1, 0.15) is 25.3 Å². The minimum absolute atomic E-state index is 0.165. The van der Waals surface area contributed by atoms with Gasteiger partial charge in [-0.1, -0.05) is 6.92 Å². The van der Waals surface area contributed by atoms with Gasteiger partial charge in [-0.05, 0) is 25.6 Å². The van der Waals surface area contributed by atoms with Crippen LogP contribution in [0.2, 0.25) is 0 Å². The van der Waals surface area contributed by atoms with Gasteiger partial charge in [-0.2, -0.15) is 0 Å². The van der Waals surface area contributed by atoms with Gasteiger partial charge >= 0.3 is 0 Å². The number of aromatic nitrogens is 1. The molecule has 0 bridgehead atoms. The summed E-state index contributed by atoms with van der Waals surface area (Å²) in [7, 11) is 3.55. The molecule has 0 fully saturated rings. The van der Waals surface area contributed by atoms with E-state index in [0.29, 0.717) is 0 Å². The molecule has 1 N–H and O–H groups in total. The summed E-state index contributed by atoms with van der Waals surface area (Å²) in [5.74, 6) is 1.53. The maximum absolute atomic E-state index is 5.68. The molecule has 0 saturated carbocycles. The lowest BCUT2D eigenvalue weighted by molar-refractivity contribution is 0.415. The molecule has 0 amide bonds. The van der Waals surface area contributed by atoms with E-state index in [1.54, 1.807) is 7.11 Å². The molecule has 4 nitrogen and oxygen atoms in total. The second kappa shape index (κ2) is 4.53.